The Morgan fingerprint density at radius 2 is 2.08 bits per heavy atom. The molecule has 0 radical (unpaired) electrons. The Morgan fingerprint density at radius 1 is 1.46 bits per heavy atom. The Kier molecular flexibility index (Phi) is 3.71. The quantitative estimate of drug-likeness (QED) is 0.460. The zero-order valence-corrected chi connectivity index (χ0v) is 9.38. The summed E-state index contributed by atoms with van der Waals surface area (Å²) in [4.78, 5) is 11.2. The number of Topliss-reactive ketones (excluding diaryl/α,β-unsaturated/α-hetero) is 1. The van der Waals surface area contributed by atoms with E-state index in [2.05, 4.69) is 15.9 Å². The molecule has 0 heterocycles. The van der Waals surface area contributed by atoms with Crippen LogP contribution in [0.25, 0.3) is 0 Å². The normalized spacial score (nSPS) is 10.2. The van der Waals surface area contributed by atoms with Crippen LogP contribution in [0.5, 0.6) is 0 Å². The molecule has 0 atom stereocenters. The molecule has 13 heavy (non-hydrogen) atoms. The maximum Gasteiger partial charge on any atom is 0.175 e. The molecule has 0 fully saturated rings. The molecule has 0 N–H and O–H groups in total. The highest BCUT2D eigenvalue weighted by Gasteiger charge is 2.13. The van der Waals surface area contributed by atoms with Gasteiger partial charge in [-0.15, -0.1) is 0 Å². The zero-order chi connectivity index (χ0) is 10.0. The fourth-order valence-electron chi connectivity index (χ4n) is 0.831. The van der Waals surface area contributed by atoms with Gasteiger partial charge >= 0.3 is 0 Å². The Balaban J connectivity index is 3.28. The lowest BCUT2D eigenvalue weighted by atomic mass is 10.1. The number of ketones is 1. The molecule has 1 nitrogen and oxygen atoms in total. The van der Waals surface area contributed by atoms with Gasteiger partial charge in [-0.1, -0.05) is 39.1 Å². The van der Waals surface area contributed by atoms with E-state index in [1.165, 1.54) is 0 Å². The first-order valence-electron chi connectivity index (χ1n) is 3.30. The zero-order valence-electron chi connectivity index (χ0n) is 6.28. The monoisotopic (exact) mass is 284 g/mol. The summed E-state index contributed by atoms with van der Waals surface area (Å²) < 4.78 is 12.8. The molecule has 0 unspecified atom stereocenters. The van der Waals surface area contributed by atoms with E-state index in [0.717, 1.165) is 12.1 Å². The van der Waals surface area contributed by atoms with Crippen LogP contribution >= 0.6 is 39.1 Å². The third-order valence-electron chi connectivity index (χ3n) is 1.41. The van der Waals surface area contributed by atoms with Crippen molar-refractivity contribution in [2.75, 3.05) is 5.33 Å². The first-order valence-corrected chi connectivity index (χ1v) is 5.17. The van der Waals surface area contributed by atoms with Crippen LogP contribution in [-0.4, -0.2) is 11.1 Å². The molecule has 0 amide bonds. The Hall–Kier alpha value is -0.120. The molecular weight excluding hydrogens is 282 g/mol. The number of hydrogen-bond acceptors (Lipinski definition) is 1. The molecule has 70 valence electrons. The van der Waals surface area contributed by atoms with E-state index in [1.807, 2.05) is 0 Å². The van der Waals surface area contributed by atoms with Crippen LogP contribution in [-0.2, 0) is 0 Å². The van der Waals surface area contributed by atoms with Gasteiger partial charge in [-0.2, -0.15) is 0 Å². The summed E-state index contributed by atoms with van der Waals surface area (Å²) in [5.74, 6) is -0.870. The number of carbonyl (C=O) groups is 1. The molecule has 0 aliphatic heterocycles. The SMILES string of the molecule is O=C(CBr)c1cc(F)cc(Cl)c1Cl. The molecule has 0 bridgehead atoms. The minimum absolute atomic E-state index is 0.0472. The van der Waals surface area contributed by atoms with Crippen LogP contribution in [0.1, 0.15) is 10.4 Å². The summed E-state index contributed by atoms with van der Waals surface area (Å²) in [6.45, 7) is 0. The standard InChI is InChI=1S/C8H4BrCl2FO/c9-3-7(13)5-1-4(12)2-6(10)8(5)11/h1-2H,3H2. The van der Waals surface area contributed by atoms with Gasteiger partial charge in [-0.05, 0) is 12.1 Å². The van der Waals surface area contributed by atoms with Crippen LogP contribution in [0.3, 0.4) is 0 Å². The van der Waals surface area contributed by atoms with E-state index in [1.54, 1.807) is 0 Å². The van der Waals surface area contributed by atoms with Crippen LogP contribution < -0.4 is 0 Å². The lowest BCUT2D eigenvalue weighted by molar-refractivity contribution is 0.102. The van der Waals surface area contributed by atoms with Crippen LogP contribution in [0, 0.1) is 5.82 Å². The van der Waals surface area contributed by atoms with Crippen LogP contribution in [0.4, 0.5) is 4.39 Å². The predicted molar refractivity (Wildman–Crippen MR) is 54.5 cm³/mol. The van der Waals surface area contributed by atoms with Crippen molar-refractivity contribution >= 4 is 44.9 Å². The lowest BCUT2D eigenvalue weighted by Crippen LogP contribution is -2.01. The van der Waals surface area contributed by atoms with Gasteiger partial charge in [0.2, 0.25) is 0 Å². The van der Waals surface area contributed by atoms with Crippen LogP contribution in [0.15, 0.2) is 12.1 Å². The van der Waals surface area contributed by atoms with E-state index >= 15 is 0 Å². The summed E-state index contributed by atoms with van der Waals surface area (Å²) in [5.41, 5.74) is 0.101. The van der Waals surface area contributed by atoms with Gasteiger partial charge in [0.05, 0.1) is 15.4 Å². The third kappa shape index (κ3) is 2.42. The fourth-order valence-corrected chi connectivity index (χ4v) is 1.55. The number of hydrogen-bond donors (Lipinski definition) is 0. The number of alkyl halides is 1. The maximum atomic E-state index is 12.8. The first-order chi connectivity index (χ1) is 6.06. The smallest absolute Gasteiger partial charge is 0.175 e. The third-order valence-corrected chi connectivity index (χ3v) is 2.73. The van der Waals surface area contributed by atoms with Gasteiger partial charge in [0.1, 0.15) is 5.82 Å². The topological polar surface area (TPSA) is 17.1 Å². The molecular formula is C8H4BrCl2FO. The molecule has 0 saturated heterocycles. The van der Waals surface area contributed by atoms with Crippen molar-refractivity contribution < 1.29 is 9.18 Å². The van der Waals surface area contributed by atoms with Gasteiger partial charge in [0, 0.05) is 5.56 Å². The Bertz CT molecular complexity index is 354. The Morgan fingerprint density at radius 3 is 2.62 bits per heavy atom. The van der Waals surface area contributed by atoms with Crippen molar-refractivity contribution in [1.82, 2.24) is 0 Å². The summed E-state index contributed by atoms with van der Waals surface area (Å²) in [6, 6.07) is 2.13. The van der Waals surface area contributed by atoms with E-state index < -0.39 is 5.82 Å². The van der Waals surface area contributed by atoms with Crippen molar-refractivity contribution in [3.05, 3.63) is 33.6 Å². The molecule has 0 saturated carbocycles. The number of halogens is 4. The Labute approximate surface area is 93.0 Å². The van der Waals surface area contributed by atoms with Gasteiger partial charge in [-0.3, -0.25) is 4.79 Å². The highest BCUT2D eigenvalue weighted by Crippen LogP contribution is 2.27. The van der Waals surface area contributed by atoms with Crippen molar-refractivity contribution in [2.24, 2.45) is 0 Å². The van der Waals surface area contributed by atoms with E-state index in [0.29, 0.717) is 0 Å². The molecule has 0 aliphatic rings. The summed E-state index contributed by atoms with van der Waals surface area (Å²) in [7, 11) is 0. The largest absolute Gasteiger partial charge is 0.293 e. The molecule has 0 aliphatic carbocycles. The lowest BCUT2D eigenvalue weighted by Gasteiger charge is -2.02. The van der Waals surface area contributed by atoms with E-state index in [-0.39, 0.29) is 26.7 Å². The van der Waals surface area contributed by atoms with Crippen molar-refractivity contribution in [2.45, 2.75) is 0 Å². The molecule has 1 aromatic rings. The number of benzene rings is 1. The second-order valence-electron chi connectivity index (χ2n) is 2.31. The number of carbonyl (C=O) groups excluding carboxylic acids is 1. The van der Waals surface area contributed by atoms with E-state index in [4.69, 9.17) is 23.2 Å². The second kappa shape index (κ2) is 4.40. The van der Waals surface area contributed by atoms with Gasteiger partial charge in [0.15, 0.2) is 5.78 Å². The average molecular weight is 286 g/mol. The van der Waals surface area contributed by atoms with E-state index in [9.17, 15) is 9.18 Å². The summed E-state index contributed by atoms with van der Waals surface area (Å²) in [5, 5.41) is 0.227. The van der Waals surface area contributed by atoms with Crippen LogP contribution in [0.2, 0.25) is 10.0 Å². The first kappa shape index (κ1) is 11.0. The summed E-state index contributed by atoms with van der Waals surface area (Å²) in [6.07, 6.45) is 0. The van der Waals surface area contributed by atoms with Gasteiger partial charge in [-0.25, -0.2) is 4.39 Å². The summed E-state index contributed by atoms with van der Waals surface area (Å²) >= 11 is 14.2. The van der Waals surface area contributed by atoms with Crippen molar-refractivity contribution in [3.63, 3.8) is 0 Å². The highest BCUT2D eigenvalue weighted by molar-refractivity contribution is 9.09. The number of rotatable bonds is 2. The second-order valence-corrected chi connectivity index (χ2v) is 3.65. The van der Waals surface area contributed by atoms with Gasteiger partial charge in [0.25, 0.3) is 0 Å². The van der Waals surface area contributed by atoms with Gasteiger partial charge < -0.3 is 0 Å². The molecule has 0 aromatic heterocycles. The highest BCUT2D eigenvalue weighted by atomic mass is 79.9. The fraction of sp³-hybridized carbons (Fsp3) is 0.125. The molecule has 1 rings (SSSR count). The molecule has 5 heteroatoms. The van der Waals surface area contributed by atoms with Crippen molar-refractivity contribution in [3.8, 4) is 0 Å². The molecule has 1 aromatic carbocycles. The minimum atomic E-state index is -0.571. The average Bonchev–Trinajstić information content (AvgIpc) is 2.10. The van der Waals surface area contributed by atoms with Crippen molar-refractivity contribution in [1.29, 1.82) is 0 Å². The minimum Gasteiger partial charge on any atom is -0.293 e. The maximum absolute atomic E-state index is 12.8. The molecule has 0 spiro atoms. The predicted octanol–water partition coefficient (Wildman–Crippen LogP) is 3.71.